The number of hydrogen-bond acceptors (Lipinski definition) is 3. The van der Waals surface area contributed by atoms with Crippen LogP contribution >= 0.6 is 15.9 Å². The number of nitrogens with zero attached hydrogens (tertiary/aromatic N) is 1. The number of halogens is 1. The van der Waals surface area contributed by atoms with E-state index >= 15 is 0 Å². The lowest BCUT2D eigenvalue weighted by Crippen LogP contribution is -2.32. The van der Waals surface area contributed by atoms with Gasteiger partial charge in [0, 0.05) is 28.8 Å². The van der Waals surface area contributed by atoms with Crippen molar-refractivity contribution in [3.8, 4) is 0 Å². The van der Waals surface area contributed by atoms with Crippen molar-refractivity contribution in [2.24, 2.45) is 0 Å². The molecule has 1 aliphatic rings. The molecule has 5 nitrogen and oxygen atoms in total. The lowest BCUT2D eigenvalue weighted by Gasteiger charge is -2.21. The largest absolute Gasteiger partial charge is 0.322 e. The predicted molar refractivity (Wildman–Crippen MR) is 111 cm³/mol. The van der Waals surface area contributed by atoms with Crippen molar-refractivity contribution in [2.75, 3.05) is 18.4 Å². The van der Waals surface area contributed by atoms with Crippen LogP contribution in [0.3, 0.4) is 0 Å². The van der Waals surface area contributed by atoms with Crippen molar-refractivity contribution in [3.63, 3.8) is 0 Å². The SMILES string of the molecule is Cc1ccc(C(=O)Nc2ccc(Br)cc2)cc1S(=O)(=O)N1CCCCCC1. The Morgan fingerprint density at radius 3 is 2.26 bits per heavy atom. The van der Waals surface area contributed by atoms with Gasteiger partial charge in [0.25, 0.3) is 5.91 Å². The fourth-order valence-corrected chi connectivity index (χ4v) is 5.21. The van der Waals surface area contributed by atoms with Crippen LogP contribution in [0.4, 0.5) is 5.69 Å². The third kappa shape index (κ3) is 4.78. The molecule has 1 N–H and O–H groups in total. The van der Waals surface area contributed by atoms with E-state index in [-0.39, 0.29) is 10.8 Å². The standard InChI is InChI=1S/C20H23BrN2O3S/c1-15-6-7-16(20(24)22-18-10-8-17(21)9-11-18)14-19(15)27(25,26)23-12-4-2-3-5-13-23/h6-11,14H,2-5,12-13H2,1H3,(H,22,24). The zero-order chi connectivity index (χ0) is 19.4. The number of carbonyl (C=O) groups is 1. The highest BCUT2D eigenvalue weighted by Crippen LogP contribution is 2.25. The maximum Gasteiger partial charge on any atom is 0.255 e. The number of sulfonamides is 1. The van der Waals surface area contributed by atoms with Crippen LogP contribution in [0.2, 0.25) is 0 Å². The van der Waals surface area contributed by atoms with E-state index in [0.29, 0.717) is 29.9 Å². The van der Waals surface area contributed by atoms with Crippen LogP contribution in [0.5, 0.6) is 0 Å². The lowest BCUT2D eigenvalue weighted by molar-refractivity contribution is 0.102. The summed E-state index contributed by atoms with van der Waals surface area (Å²) in [4.78, 5) is 12.8. The normalized spacial score (nSPS) is 15.9. The van der Waals surface area contributed by atoms with Crippen molar-refractivity contribution < 1.29 is 13.2 Å². The molecule has 0 saturated carbocycles. The van der Waals surface area contributed by atoms with E-state index in [1.165, 1.54) is 6.07 Å². The molecule has 1 amide bonds. The molecule has 27 heavy (non-hydrogen) atoms. The second-order valence-corrected chi connectivity index (χ2v) is 9.58. The molecule has 1 saturated heterocycles. The summed E-state index contributed by atoms with van der Waals surface area (Å²) in [6, 6.07) is 12.1. The van der Waals surface area contributed by atoms with Crippen LogP contribution in [-0.2, 0) is 10.0 Å². The average molecular weight is 451 g/mol. The highest BCUT2D eigenvalue weighted by atomic mass is 79.9. The highest BCUT2D eigenvalue weighted by molar-refractivity contribution is 9.10. The van der Waals surface area contributed by atoms with E-state index in [1.807, 2.05) is 12.1 Å². The van der Waals surface area contributed by atoms with Crippen molar-refractivity contribution in [3.05, 3.63) is 58.1 Å². The fraction of sp³-hybridized carbons (Fsp3) is 0.350. The molecule has 0 aliphatic carbocycles. The molecule has 3 rings (SSSR count). The Kier molecular flexibility index (Phi) is 6.34. The Bertz CT molecular complexity index is 919. The smallest absolute Gasteiger partial charge is 0.255 e. The van der Waals surface area contributed by atoms with Crippen LogP contribution in [0.25, 0.3) is 0 Å². The number of nitrogens with one attached hydrogen (secondary N) is 1. The van der Waals surface area contributed by atoms with E-state index in [1.54, 1.807) is 35.5 Å². The van der Waals surface area contributed by atoms with Gasteiger partial charge in [0.15, 0.2) is 0 Å². The molecule has 2 aromatic rings. The highest BCUT2D eigenvalue weighted by Gasteiger charge is 2.27. The summed E-state index contributed by atoms with van der Waals surface area (Å²) in [7, 11) is -3.60. The van der Waals surface area contributed by atoms with Gasteiger partial charge in [-0.15, -0.1) is 0 Å². The van der Waals surface area contributed by atoms with Gasteiger partial charge in [0.05, 0.1) is 4.90 Å². The first-order valence-electron chi connectivity index (χ1n) is 9.05. The quantitative estimate of drug-likeness (QED) is 0.741. The molecule has 0 unspecified atom stereocenters. The lowest BCUT2D eigenvalue weighted by atomic mass is 10.1. The van der Waals surface area contributed by atoms with E-state index in [4.69, 9.17) is 0 Å². The van der Waals surface area contributed by atoms with Crippen molar-refractivity contribution in [2.45, 2.75) is 37.5 Å². The van der Waals surface area contributed by atoms with Crippen molar-refractivity contribution >= 4 is 37.5 Å². The summed E-state index contributed by atoms with van der Waals surface area (Å²) in [5, 5.41) is 2.80. The molecular weight excluding hydrogens is 428 g/mol. The Morgan fingerprint density at radius 1 is 1.00 bits per heavy atom. The van der Waals surface area contributed by atoms with Crippen LogP contribution in [0.1, 0.15) is 41.6 Å². The van der Waals surface area contributed by atoms with E-state index in [9.17, 15) is 13.2 Å². The number of amides is 1. The van der Waals surface area contributed by atoms with E-state index < -0.39 is 10.0 Å². The molecular formula is C20H23BrN2O3S. The zero-order valence-corrected chi connectivity index (χ0v) is 17.6. The van der Waals surface area contributed by atoms with Gasteiger partial charge in [-0.1, -0.05) is 34.8 Å². The van der Waals surface area contributed by atoms with Crippen LogP contribution in [0, 0.1) is 6.92 Å². The topological polar surface area (TPSA) is 66.5 Å². The van der Waals surface area contributed by atoms with Gasteiger partial charge in [-0.25, -0.2) is 8.42 Å². The van der Waals surface area contributed by atoms with Crippen molar-refractivity contribution in [1.29, 1.82) is 0 Å². The van der Waals surface area contributed by atoms with Gasteiger partial charge in [-0.3, -0.25) is 4.79 Å². The molecule has 1 aliphatic heterocycles. The molecule has 0 aromatic heterocycles. The first kappa shape index (κ1) is 20.0. The van der Waals surface area contributed by atoms with Gasteiger partial charge in [-0.05, 0) is 61.7 Å². The number of aryl methyl sites for hydroxylation is 1. The van der Waals surface area contributed by atoms with Crippen LogP contribution in [0.15, 0.2) is 51.8 Å². The minimum Gasteiger partial charge on any atom is -0.322 e. The Hall–Kier alpha value is -1.70. The first-order chi connectivity index (χ1) is 12.9. The third-order valence-corrected chi connectivity index (χ3v) is 7.30. The summed E-state index contributed by atoms with van der Waals surface area (Å²) >= 11 is 3.36. The molecule has 0 spiro atoms. The van der Waals surface area contributed by atoms with Gasteiger partial charge < -0.3 is 5.32 Å². The summed E-state index contributed by atoms with van der Waals surface area (Å²) in [6.07, 6.45) is 3.87. The number of anilines is 1. The summed E-state index contributed by atoms with van der Waals surface area (Å²) in [5.41, 5.74) is 1.64. The Labute approximate surface area is 169 Å². The molecule has 2 aromatic carbocycles. The van der Waals surface area contributed by atoms with Gasteiger partial charge in [0.1, 0.15) is 0 Å². The predicted octanol–water partition coefficient (Wildman–Crippen LogP) is 4.57. The van der Waals surface area contributed by atoms with E-state index in [0.717, 1.165) is 30.2 Å². The third-order valence-electron chi connectivity index (χ3n) is 4.74. The maximum absolute atomic E-state index is 13.1. The summed E-state index contributed by atoms with van der Waals surface area (Å²) in [6.45, 7) is 2.84. The van der Waals surface area contributed by atoms with E-state index in [2.05, 4.69) is 21.2 Å². The monoisotopic (exact) mass is 450 g/mol. The van der Waals surface area contributed by atoms with Crippen LogP contribution in [-0.4, -0.2) is 31.7 Å². The number of carbonyl (C=O) groups excluding carboxylic acids is 1. The number of benzene rings is 2. The molecule has 0 atom stereocenters. The minimum absolute atomic E-state index is 0.216. The molecule has 1 fully saturated rings. The molecule has 1 heterocycles. The summed E-state index contributed by atoms with van der Waals surface area (Å²) in [5.74, 6) is -0.329. The number of hydrogen-bond donors (Lipinski definition) is 1. The van der Waals surface area contributed by atoms with Gasteiger partial charge >= 0.3 is 0 Å². The molecule has 7 heteroatoms. The Morgan fingerprint density at radius 2 is 1.63 bits per heavy atom. The van der Waals surface area contributed by atoms with Gasteiger partial charge in [0.2, 0.25) is 10.0 Å². The molecule has 0 bridgehead atoms. The van der Waals surface area contributed by atoms with Crippen LogP contribution < -0.4 is 5.32 Å². The second-order valence-electron chi connectivity index (χ2n) is 6.76. The van der Waals surface area contributed by atoms with Gasteiger partial charge in [-0.2, -0.15) is 4.31 Å². The zero-order valence-electron chi connectivity index (χ0n) is 15.2. The summed E-state index contributed by atoms with van der Waals surface area (Å²) < 4.78 is 28.7. The maximum atomic E-state index is 13.1. The number of rotatable bonds is 4. The molecule has 144 valence electrons. The second kappa shape index (κ2) is 8.54. The molecule has 0 radical (unpaired) electrons. The first-order valence-corrected chi connectivity index (χ1v) is 11.3. The Balaban J connectivity index is 1.87. The average Bonchev–Trinajstić information content (AvgIpc) is 2.94. The van der Waals surface area contributed by atoms with Crippen molar-refractivity contribution in [1.82, 2.24) is 4.31 Å². The minimum atomic E-state index is -3.60. The fourth-order valence-electron chi connectivity index (χ4n) is 3.18.